The van der Waals surface area contributed by atoms with Crippen LogP contribution in [0.4, 0.5) is 5.69 Å². The van der Waals surface area contributed by atoms with Crippen molar-refractivity contribution >= 4 is 34.1 Å². The molecule has 180 valence electrons. The molecule has 1 aliphatic carbocycles. The Balaban J connectivity index is 1.62. The van der Waals surface area contributed by atoms with Crippen molar-refractivity contribution in [2.45, 2.75) is 45.7 Å². The topological polar surface area (TPSA) is 132 Å². The highest BCUT2D eigenvalue weighted by Crippen LogP contribution is 2.36. The molecule has 3 heterocycles. The fraction of sp³-hybridized carbons (Fsp3) is 0.280. The molecule has 1 unspecified atom stereocenters. The second-order valence-electron chi connectivity index (χ2n) is 8.94. The molecule has 0 aliphatic heterocycles. The van der Waals surface area contributed by atoms with Crippen molar-refractivity contribution in [2.75, 3.05) is 5.32 Å². The second kappa shape index (κ2) is 8.74. The van der Waals surface area contributed by atoms with Crippen LogP contribution >= 0.6 is 11.6 Å². The molecule has 9 nitrogen and oxygen atoms in total. The van der Waals surface area contributed by atoms with Gasteiger partial charge in [0.25, 0.3) is 0 Å². The molecule has 0 saturated heterocycles. The van der Waals surface area contributed by atoms with Gasteiger partial charge in [-0.25, -0.2) is 4.98 Å². The predicted molar refractivity (Wildman–Crippen MR) is 135 cm³/mol. The van der Waals surface area contributed by atoms with Gasteiger partial charge in [0.1, 0.15) is 22.2 Å². The number of halogens is 1. The molecule has 0 spiro atoms. The Hall–Kier alpha value is -3.85. The van der Waals surface area contributed by atoms with Gasteiger partial charge in [0.2, 0.25) is 0 Å². The van der Waals surface area contributed by atoms with Gasteiger partial charge in [0.05, 0.1) is 34.9 Å². The molecule has 1 aliphatic rings. The molecule has 1 atom stereocenters. The lowest BCUT2D eigenvalue weighted by atomic mass is 9.99. The second-order valence-corrected chi connectivity index (χ2v) is 9.32. The Morgan fingerprint density at radius 3 is 2.83 bits per heavy atom. The van der Waals surface area contributed by atoms with Crippen molar-refractivity contribution in [3.63, 3.8) is 0 Å². The summed E-state index contributed by atoms with van der Waals surface area (Å²) in [7, 11) is 0. The quantitative estimate of drug-likeness (QED) is 0.114. The van der Waals surface area contributed by atoms with E-state index < -0.39 is 0 Å². The van der Waals surface area contributed by atoms with Crippen molar-refractivity contribution in [1.29, 1.82) is 0 Å². The molecule has 0 bridgehead atoms. The third kappa shape index (κ3) is 4.23. The molecule has 5 rings (SSSR count). The van der Waals surface area contributed by atoms with Crippen molar-refractivity contribution in [1.82, 2.24) is 14.8 Å². The number of fused-ring (bicyclic) bond motifs is 1. The summed E-state index contributed by atoms with van der Waals surface area (Å²) in [4.78, 5) is 17.6. The number of aryl methyl sites for hydroxylation is 1. The van der Waals surface area contributed by atoms with Crippen LogP contribution in [-0.4, -0.2) is 25.8 Å². The van der Waals surface area contributed by atoms with Gasteiger partial charge in [-0.1, -0.05) is 22.8 Å². The number of nitrogens with zero attached hydrogens (tertiary/aromatic N) is 4. The lowest BCUT2D eigenvalue weighted by molar-refractivity contribution is 0.318. The van der Waals surface area contributed by atoms with Gasteiger partial charge in [0, 0.05) is 17.3 Å². The summed E-state index contributed by atoms with van der Waals surface area (Å²) in [6, 6.07) is 7.23. The van der Waals surface area contributed by atoms with E-state index in [4.69, 9.17) is 27.0 Å². The maximum absolute atomic E-state index is 13.4. The first-order chi connectivity index (χ1) is 16.8. The Morgan fingerprint density at radius 2 is 2.11 bits per heavy atom. The first-order valence-corrected chi connectivity index (χ1v) is 11.7. The lowest BCUT2D eigenvalue weighted by Crippen LogP contribution is -2.19. The molecule has 10 heteroatoms. The molecule has 4 N–H and O–H groups in total. The van der Waals surface area contributed by atoms with Crippen LogP contribution in [0.15, 0.2) is 51.0 Å². The highest BCUT2D eigenvalue weighted by molar-refractivity contribution is 6.29. The zero-order valence-corrected chi connectivity index (χ0v) is 20.3. The highest BCUT2D eigenvalue weighted by atomic mass is 35.5. The Labute approximate surface area is 206 Å². The molecule has 0 radical (unpaired) electrons. The number of benzene rings is 1. The molecular formula is C25H25ClN6O3. The third-order valence-corrected chi connectivity index (χ3v) is 6.44. The number of anilines is 1. The Bertz CT molecular complexity index is 1540. The fourth-order valence-electron chi connectivity index (χ4n) is 4.26. The minimum atomic E-state index is -0.321. The summed E-state index contributed by atoms with van der Waals surface area (Å²) < 4.78 is 8.35. The third-order valence-electron chi connectivity index (χ3n) is 6.23. The number of pyridine rings is 1. The first kappa shape index (κ1) is 22.9. The molecule has 4 aromatic rings. The summed E-state index contributed by atoms with van der Waals surface area (Å²) in [6.07, 6.45) is 5.91. The number of rotatable bonds is 6. The van der Waals surface area contributed by atoms with E-state index in [2.05, 4.69) is 20.6 Å². The first-order valence-electron chi connectivity index (χ1n) is 11.3. The largest absolute Gasteiger partial charge is 0.455 e. The maximum Gasteiger partial charge on any atom is 0.196 e. The maximum atomic E-state index is 13.4. The van der Waals surface area contributed by atoms with Gasteiger partial charge in [-0.15, -0.1) is 0 Å². The minimum absolute atomic E-state index is 0.0805. The van der Waals surface area contributed by atoms with Crippen LogP contribution in [0, 0.1) is 13.8 Å². The van der Waals surface area contributed by atoms with Crippen LogP contribution in [0.2, 0.25) is 5.15 Å². The molecule has 1 saturated carbocycles. The van der Waals surface area contributed by atoms with Crippen LogP contribution in [0.25, 0.3) is 22.3 Å². The number of nitrogens with two attached hydrogens (primary N) is 1. The van der Waals surface area contributed by atoms with Gasteiger partial charge in [-0.05, 0) is 57.4 Å². The van der Waals surface area contributed by atoms with E-state index in [1.165, 1.54) is 0 Å². The van der Waals surface area contributed by atoms with Gasteiger partial charge in [-0.3, -0.25) is 9.48 Å². The number of nitrogens with one attached hydrogen (secondary N) is 1. The number of aromatic nitrogens is 3. The van der Waals surface area contributed by atoms with Crippen LogP contribution in [-0.2, 0) is 0 Å². The van der Waals surface area contributed by atoms with Crippen molar-refractivity contribution in [3.05, 3.63) is 74.4 Å². The van der Waals surface area contributed by atoms with Gasteiger partial charge in [0.15, 0.2) is 11.3 Å². The average molecular weight is 493 g/mol. The predicted octanol–water partition coefficient (Wildman–Crippen LogP) is 4.92. The molecule has 3 aromatic heterocycles. The average Bonchev–Trinajstić information content (AvgIpc) is 3.58. The SMILES string of the molecule is Cc1cc(C(C)Nc2ccc(Cl)nc2C(N)=NO)c2oc(-c3cnn(C4CC4)c3)c(C)c(=O)c2c1. The summed E-state index contributed by atoms with van der Waals surface area (Å²) >= 11 is 6.02. The Morgan fingerprint density at radius 1 is 1.34 bits per heavy atom. The Kier molecular flexibility index (Phi) is 5.72. The summed E-state index contributed by atoms with van der Waals surface area (Å²) in [6.45, 7) is 5.65. The van der Waals surface area contributed by atoms with E-state index >= 15 is 0 Å². The lowest BCUT2D eigenvalue weighted by Gasteiger charge is -2.20. The van der Waals surface area contributed by atoms with Gasteiger partial charge >= 0.3 is 0 Å². The van der Waals surface area contributed by atoms with E-state index in [1.807, 2.05) is 36.9 Å². The van der Waals surface area contributed by atoms with Crippen molar-refractivity contribution in [3.8, 4) is 11.3 Å². The van der Waals surface area contributed by atoms with E-state index in [0.717, 1.165) is 29.5 Å². The summed E-state index contributed by atoms with van der Waals surface area (Å²) in [5.41, 5.74) is 9.99. The van der Waals surface area contributed by atoms with Crippen LogP contribution in [0.5, 0.6) is 0 Å². The van der Waals surface area contributed by atoms with Gasteiger partial charge in [-0.2, -0.15) is 5.10 Å². The monoisotopic (exact) mass is 492 g/mol. The standard InChI is InChI=1S/C25H25ClN6O3/c1-12-8-17(14(3)29-19-6-7-20(26)30-21(19)25(27)31-34)24-18(9-12)22(33)13(2)23(35-24)15-10-28-32(11-15)16-4-5-16/h6-11,14,16,29,34H,4-5H2,1-3H3,(H2,27,31). The normalized spacial score (nSPS) is 14.9. The number of oxime groups is 1. The van der Waals surface area contributed by atoms with E-state index in [1.54, 1.807) is 25.3 Å². The molecule has 1 fully saturated rings. The van der Waals surface area contributed by atoms with Crippen LogP contribution < -0.4 is 16.5 Å². The summed E-state index contributed by atoms with van der Waals surface area (Å²) in [5.74, 6) is 0.339. The zero-order valence-electron chi connectivity index (χ0n) is 19.5. The number of amidine groups is 1. The minimum Gasteiger partial charge on any atom is -0.455 e. The molecule has 1 aromatic carbocycles. The van der Waals surface area contributed by atoms with Crippen LogP contribution in [0.3, 0.4) is 0 Å². The van der Waals surface area contributed by atoms with E-state index in [-0.39, 0.29) is 28.2 Å². The molecule has 0 amide bonds. The van der Waals surface area contributed by atoms with Crippen molar-refractivity contribution in [2.24, 2.45) is 10.9 Å². The van der Waals surface area contributed by atoms with E-state index in [9.17, 15) is 4.79 Å². The number of hydrogen-bond donors (Lipinski definition) is 3. The van der Waals surface area contributed by atoms with Crippen molar-refractivity contribution < 1.29 is 9.62 Å². The van der Waals surface area contributed by atoms with Crippen LogP contribution in [0.1, 0.15) is 54.2 Å². The number of hydrogen-bond acceptors (Lipinski definition) is 7. The molecular weight excluding hydrogens is 468 g/mol. The fourth-order valence-corrected chi connectivity index (χ4v) is 4.41. The van der Waals surface area contributed by atoms with E-state index in [0.29, 0.717) is 34.0 Å². The zero-order chi connectivity index (χ0) is 24.9. The molecule has 35 heavy (non-hydrogen) atoms. The smallest absolute Gasteiger partial charge is 0.196 e. The summed E-state index contributed by atoms with van der Waals surface area (Å²) in [5, 5.41) is 20.7. The van der Waals surface area contributed by atoms with Gasteiger partial charge < -0.3 is 20.7 Å². The highest BCUT2D eigenvalue weighted by Gasteiger charge is 2.26.